The summed E-state index contributed by atoms with van der Waals surface area (Å²) in [6.07, 6.45) is -2.58. The van der Waals surface area contributed by atoms with Crippen molar-refractivity contribution < 1.29 is 22.6 Å². The summed E-state index contributed by atoms with van der Waals surface area (Å²) in [7, 11) is 0. The number of aromatic nitrogens is 1. The molecule has 0 amide bonds. The van der Waals surface area contributed by atoms with Crippen molar-refractivity contribution in [2.75, 3.05) is 32.2 Å². The van der Waals surface area contributed by atoms with E-state index in [9.17, 15) is 13.2 Å². The Labute approximate surface area is 131 Å². The summed E-state index contributed by atoms with van der Waals surface area (Å²) < 4.78 is 45.0. The van der Waals surface area contributed by atoms with Gasteiger partial charge in [0, 0.05) is 16.8 Å². The Balaban J connectivity index is 2.12. The minimum Gasteiger partial charge on any atom is -0.378 e. The Morgan fingerprint density at radius 2 is 1.95 bits per heavy atom. The fourth-order valence-corrected chi connectivity index (χ4v) is 2.65. The van der Waals surface area contributed by atoms with E-state index in [1.165, 1.54) is 0 Å². The number of pyridine rings is 1. The number of hydrogen-bond donors (Lipinski definition) is 0. The first-order chi connectivity index (χ1) is 9.94. The van der Waals surface area contributed by atoms with Gasteiger partial charge in [-0.05, 0) is 18.6 Å². The van der Waals surface area contributed by atoms with Crippen LogP contribution in [-0.4, -0.2) is 43.3 Å². The molecule has 1 heterocycles. The summed E-state index contributed by atoms with van der Waals surface area (Å²) in [6, 6.07) is 1.91. The van der Waals surface area contributed by atoms with Crippen LogP contribution in [0.5, 0.6) is 0 Å². The molecule has 1 aromatic heterocycles. The predicted molar refractivity (Wildman–Crippen MR) is 76.9 cm³/mol. The maximum atomic E-state index is 11.8. The van der Waals surface area contributed by atoms with Crippen LogP contribution in [-0.2, 0) is 15.4 Å². The lowest BCUT2D eigenvalue weighted by molar-refractivity contribution is -0.176. The van der Waals surface area contributed by atoms with Gasteiger partial charge in [-0.3, -0.25) is 4.98 Å². The minimum absolute atomic E-state index is 0.0607. The van der Waals surface area contributed by atoms with Gasteiger partial charge in [0.1, 0.15) is 6.61 Å². The Morgan fingerprint density at radius 1 is 1.24 bits per heavy atom. The summed E-state index contributed by atoms with van der Waals surface area (Å²) in [5.74, 6) is 1.07. The summed E-state index contributed by atoms with van der Waals surface area (Å²) >= 11 is 7.38. The Morgan fingerprint density at radius 3 is 2.62 bits per heavy atom. The van der Waals surface area contributed by atoms with Crippen molar-refractivity contribution >= 4 is 23.4 Å². The first kappa shape index (κ1) is 18.5. The van der Waals surface area contributed by atoms with Crippen molar-refractivity contribution in [2.24, 2.45) is 0 Å². The predicted octanol–water partition coefficient (Wildman–Crippen LogP) is 3.82. The lowest BCUT2D eigenvalue weighted by atomic mass is 10.2. The quantitative estimate of drug-likeness (QED) is 0.387. The van der Waals surface area contributed by atoms with Crippen LogP contribution in [0.25, 0.3) is 0 Å². The maximum absolute atomic E-state index is 11.8. The second-order valence-electron chi connectivity index (χ2n) is 4.14. The first-order valence-corrected chi connectivity index (χ1v) is 7.81. The average molecular weight is 344 g/mol. The van der Waals surface area contributed by atoms with Gasteiger partial charge in [0.05, 0.1) is 31.4 Å². The maximum Gasteiger partial charge on any atom is 0.411 e. The van der Waals surface area contributed by atoms with Gasteiger partial charge in [-0.2, -0.15) is 13.2 Å². The third kappa shape index (κ3) is 7.90. The van der Waals surface area contributed by atoms with Gasteiger partial charge < -0.3 is 9.47 Å². The molecular weight excluding hydrogens is 327 g/mol. The molecule has 1 rings (SSSR count). The standard InChI is InChI=1S/C13H17ClF3NO2S/c1-10-11(8-14)18-3-2-12(10)21-7-6-19-4-5-20-9-13(15,16)17/h2-3H,4-9H2,1H3. The molecule has 0 unspecified atom stereocenters. The van der Waals surface area contributed by atoms with E-state index in [4.69, 9.17) is 16.3 Å². The fraction of sp³-hybridized carbons (Fsp3) is 0.615. The molecule has 0 aliphatic rings. The smallest absolute Gasteiger partial charge is 0.378 e. The highest BCUT2D eigenvalue weighted by Crippen LogP contribution is 2.24. The van der Waals surface area contributed by atoms with Gasteiger partial charge in [-0.15, -0.1) is 23.4 Å². The second-order valence-corrected chi connectivity index (χ2v) is 5.55. The zero-order valence-corrected chi connectivity index (χ0v) is 13.2. The monoisotopic (exact) mass is 343 g/mol. The van der Waals surface area contributed by atoms with Gasteiger partial charge in [-0.1, -0.05) is 0 Å². The average Bonchev–Trinajstić information content (AvgIpc) is 2.42. The summed E-state index contributed by atoms with van der Waals surface area (Å²) in [6.45, 7) is 1.26. The third-order valence-corrected chi connectivity index (χ3v) is 3.89. The molecule has 0 saturated heterocycles. The zero-order chi connectivity index (χ0) is 15.7. The highest BCUT2D eigenvalue weighted by molar-refractivity contribution is 7.99. The number of nitrogens with zero attached hydrogens (tertiary/aromatic N) is 1. The summed E-state index contributed by atoms with van der Waals surface area (Å²) in [5.41, 5.74) is 1.90. The second kappa shape index (κ2) is 9.50. The SMILES string of the molecule is Cc1c(SCCOCCOCC(F)(F)F)ccnc1CCl. The van der Waals surface area contributed by atoms with Gasteiger partial charge in [0.15, 0.2) is 0 Å². The number of thioether (sulfide) groups is 1. The highest BCUT2D eigenvalue weighted by Gasteiger charge is 2.27. The zero-order valence-electron chi connectivity index (χ0n) is 11.6. The van der Waals surface area contributed by atoms with Gasteiger partial charge in [0.2, 0.25) is 0 Å². The van der Waals surface area contributed by atoms with E-state index in [1.807, 2.05) is 13.0 Å². The number of ether oxygens (including phenoxy) is 2. The summed E-state index contributed by atoms with van der Waals surface area (Å²) in [4.78, 5) is 5.25. The van der Waals surface area contributed by atoms with E-state index >= 15 is 0 Å². The molecule has 0 fully saturated rings. The molecule has 0 aromatic carbocycles. The van der Waals surface area contributed by atoms with E-state index < -0.39 is 12.8 Å². The van der Waals surface area contributed by atoms with Crippen molar-refractivity contribution in [3.63, 3.8) is 0 Å². The van der Waals surface area contributed by atoms with Crippen LogP contribution in [0.4, 0.5) is 13.2 Å². The molecule has 0 spiro atoms. The lowest BCUT2D eigenvalue weighted by Gasteiger charge is -2.09. The first-order valence-electron chi connectivity index (χ1n) is 6.29. The molecule has 8 heteroatoms. The number of alkyl halides is 4. The number of hydrogen-bond acceptors (Lipinski definition) is 4. The van der Waals surface area contributed by atoms with E-state index in [1.54, 1.807) is 18.0 Å². The van der Waals surface area contributed by atoms with Crippen LogP contribution in [0.1, 0.15) is 11.3 Å². The van der Waals surface area contributed by atoms with Gasteiger partial charge >= 0.3 is 6.18 Å². The van der Waals surface area contributed by atoms with Crippen LogP contribution in [0.2, 0.25) is 0 Å². The van der Waals surface area contributed by atoms with Crippen molar-refractivity contribution in [3.8, 4) is 0 Å². The van der Waals surface area contributed by atoms with E-state index in [2.05, 4.69) is 9.72 Å². The Bertz CT molecular complexity index is 432. The molecule has 0 saturated carbocycles. The number of rotatable bonds is 9. The van der Waals surface area contributed by atoms with Crippen LogP contribution >= 0.6 is 23.4 Å². The van der Waals surface area contributed by atoms with Crippen LogP contribution < -0.4 is 0 Å². The van der Waals surface area contributed by atoms with E-state index in [-0.39, 0.29) is 13.2 Å². The van der Waals surface area contributed by atoms with Crippen LogP contribution in [0, 0.1) is 6.92 Å². The molecule has 0 bridgehead atoms. The van der Waals surface area contributed by atoms with Crippen LogP contribution in [0.15, 0.2) is 17.2 Å². The largest absolute Gasteiger partial charge is 0.411 e. The third-order valence-electron chi connectivity index (χ3n) is 2.51. The minimum atomic E-state index is -4.28. The number of halogens is 4. The van der Waals surface area contributed by atoms with Crippen LogP contribution in [0.3, 0.4) is 0 Å². The van der Waals surface area contributed by atoms with Crippen molar-refractivity contribution in [2.45, 2.75) is 23.9 Å². The van der Waals surface area contributed by atoms with Gasteiger partial charge in [-0.25, -0.2) is 0 Å². The topological polar surface area (TPSA) is 31.4 Å². The van der Waals surface area contributed by atoms with Crippen molar-refractivity contribution in [1.82, 2.24) is 4.98 Å². The van der Waals surface area contributed by atoms with Crippen molar-refractivity contribution in [1.29, 1.82) is 0 Å². The molecular formula is C13H17ClF3NO2S. The molecule has 120 valence electrons. The Hall–Kier alpha value is -0.500. The summed E-state index contributed by atoms with van der Waals surface area (Å²) in [5, 5.41) is 0. The molecule has 0 aliphatic carbocycles. The molecule has 1 aromatic rings. The highest BCUT2D eigenvalue weighted by atomic mass is 35.5. The molecule has 0 atom stereocenters. The normalized spacial score (nSPS) is 11.9. The molecule has 3 nitrogen and oxygen atoms in total. The van der Waals surface area contributed by atoms with E-state index in [0.29, 0.717) is 18.2 Å². The van der Waals surface area contributed by atoms with E-state index in [0.717, 1.165) is 16.2 Å². The molecule has 0 N–H and O–H groups in total. The lowest BCUT2D eigenvalue weighted by Crippen LogP contribution is -2.19. The molecule has 0 radical (unpaired) electrons. The molecule has 0 aliphatic heterocycles. The van der Waals surface area contributed by atoms with Gasteiger partial charge in [0.25, 0.3) is 0 Å². The van der Waals surface area contributed by atoms with Crippen molar-refractivity contribution in [3.05, 3.63) is 23.5 Å². The molecule has 21 heavy (non-hydrogen) atoms. The fourth-order valence-electron chi connectivity index (χ4n) is 1.47. The Kier molecular flexibility index (Phi) is 8.39.